The molecule has 0 aromatic carbocycles. The van der Waals surface area contributed by atoms with E-state index in [-0.39, 0.29) is 0 Å². The third kappa shape index (κ3) is 0.739. The Bertz CT molecular complexity index is 207. The van der Waals surface area contributed by atoms with E-state index in [9.17, 15) is 9.59 Å². The van der Waals surface area contributed by atoms with Crippen molar-refractivity contribution in [3.05, 3.63) is 12.8 Å². The average Bonchev–Trinajstić information content (AvgIpc) is 2.15. The van der Waals surface area contributed by atoms with Gasteiger partial charge in [0.25, 0.3) is 0 Å². The lowest BCUT2D eigenvalue weighted by molar-refractivity contribution is -0.138. The van der Waals surface area contributed by atoms with E-state index in [0.717, 1.165) is 11.2 Å². The highest BCUT2D eigenvalue weighted by Crippen LogP contribution is 1.96. The molecule has 1 heterocycles. The zero-order valence-electron chi connectivity index (χ0n) is 4.57. The van der Waals surface area contributed by atoms with Gasteiger partial charge in [-0.25, -0.2) is 0 Å². The highest BCUT2D eigenvalue weighted by molar-refractivity contribution is 6.41. The molecule has 0 unspecified atom stereocenters. The standard InChI is InChI=1S/C5H4N2O2/c1-2-7-3-6-4(8)5(7)9/h2-3H,1H2. The molecular weight excluding hydrogens is 120 g/mol. The molecule has 0 saturated carbocycles. The van der Waals surface area contributed by atoms with Crippen LogP contribution in [-0.4, -0.2) is 23.1 Å². The Kier molecular flexibility index (Phi) is 1.14. The summed E-state index contributed by atoms with van der Waals surface area (Å²) in [5, 5.41) is 0. The van der Waals surface area contributed by atoms with Crippen molar-refractivity contribution >= 4 is 18.2 Å². The fourth-order valence-electron chi connectivity index (χ4n) is 0.463. The molecule has 0 radical (unpaired) electrons. The van der Waals surface area contributed by atoms with Crippen molar-refractivity contribution in [3.8, 4) is 0 Å². The summed E-state index contributed by atoms with van der Waals surface area (Å²) in [4.78, 5) is 25.1. The van der Waals surface area contributed by atoms with Gasteiger partial charge in [0.2, 0.25) is 0 Å². The summed E-state index contributed by atoms with van der Waals surface area (Å²) in [7, 11) is 0. The van der Waals surface area contributed by atoms with Crippen molar-refractivity contribution in [2.45, 2.75) is 0 Å². The van der Waals surface area contributed by atoms with Crippen molar-refractivity contribution in [1.29, 1.82) is 0 Å². The molecule has 9 heavy (non-hydrogen) atoms. The highest BCUT2D eigenvalue weighted by Gasteiger charge is 2.22. The smallest absolute Gasteiger partial charge is 0.270 e. The van der Waals surface area contributed by atoms with Gasteiger partial charge in [-0.3, -0.25) is 14.5 Å². The topological polar surface area (TPSA) is 49.7 Å². The molecule has 0 fully saturated rings. The molecular formula is C5H4N2O2. The fourth-order valence-corrected chi connectivity index (χ4v) is 0.463. The first kappa shape index (κ1) is 5.68. The molecule has 1 rings (SSSR count). The number of hydrogen-bond donors (Lipinski definition) is 0. The van der Waals surface area contributed by atoms with Gasteiger partial charge >= 0.3 is 11.8 Å². The minimum Gasteiger partial charge on any atom is -0.270 e. The summed E-state index contributed by atoms with van der Waals surface area (Å²) in [5.74, 6) is -1.39. The van der Waals surface area contributed by atoms with Gasteiger partial charge in [-0.15, -0.1) is 0 Å². The molecule has 0 aromatic rings. The Morgan fingerprint density at radius 2 is 2.33 bits per heavy atom. The van der Waals surface area contributed by atoms with Crippen LogP contribution in [-0.2, 0) is 9.59 Å². The van der Waals surface area contributed by atoms with E-state index in [1.165, 1.54) is 6.20 Å². The molecule has 0 saturated heterocycles. The van der Waals surface area contributed by atoms with Gasteiger partial charge in [0.05, 0.1) is 0 Å². The summed E-state index contributed by atoms with van der Waals surface area (Å²) in [5.41, 5.74) is 0. The maximum absolute atomic E-state index is 10.5. The number of aliphatic imine (C=N–C) groups is 1. The number of nitrogens with zero attached hydrogens (tertiary/aromatic N) is 2. The fraction of sp³-hybridized carbons (Fsp3) is 0. The van der Waals surface area contributed by atoms with Gasteiger partial charge in [-0.2, -0.15) is 4.99 Å². The minimum atomic E-state index is -0.741. The minimum absolute atomic E-state index is 0.648. The summed E-state index contributed by atoms with van der Waals surface area (Å²) < 4.78 is 0. The van der Waals surface area contributed by atoms with Crippen LogP contribution in [0.3, 0.4) is 0 Å². The highest BCUT2D eigenvalue weighted by atomic mass is 16.2. The third-order valence-electron chi connectivity index (χ3n) is 0.914. The Morgan fingerprint density at radius 3 is 2.56 bits per heavy atom. The number of rotatable bonds is 1. The Labute approximate surface area is 51.5 Å². The lowest BCUT2D eigenvalue weighted by Gasteiger charge is -1.98. The normalized spacial score (nSPS) is 17.1. The maximum atomic E-state index is 10.5. The second kappa shape index (κ2) is 1.81. The molecule has 0 aromatic heterocycles. The Hall–Kier alpha value is -1.45. The van der Waals surface area contributed by atoms with Crippen LogP contribution in [0, 0.1) is 0 Å². The van der Waals surface area contributed by atoms with Crippen LogP contribution in [0.15, 0.2) is 17.8 Å². The maximum Gasteiger partial charge on any atom is 0.337 e. The van der Waals surface area contributed by atoms with Crippen LogP contribution in [0.5, 0.6) is 0 Å². The first-order valence-corrected chi connectivity index (χ1v) is 2.29. The van der Waals surface area contributed by atoms with Gasteiger partial charge < -0.3 is 0 Å². The molecule has 0 N–H and O–H groups in total. The number of carbonyl (C=O) groups excluding carboxylic acids is 2. The number of amides is 2. The summed E-state index contributed by atoms with van der Waals surface area (Å²) in [6, 6.07) is 0. The molecule has 1 aliphatic rings. The van der Waals surface area contributed by atoms with Crippen LogP contribution in [0.4, 0.5) is 0 Å². The molecule has 4 nitrogen and oxygen atoms in total. The third-order valence-corrected chi connectivity index (χ3v) is 0.914. The van der Waals surface area contributed by atoms with Crippen LogP contribution >= 0.6 is 0 Å². The lowest BCUT2D eigenvalue weighted by Crippen LogP contribution is -2.22. The van der Waals surface area contributed by atoms with Gasteiger partial charge in [-0.05, 0) is 0 Å². The molecule has 4 heteroatoms. The average molecular weight is 124 g/mol. The van der Waals surface area contributed by atoms with Crippen molar-refractivity contribution in [3.63, 3.8) is 0 Å². The molecule has 0 aliphatic carbocycles. The largest absolute Gasteiger partial charge is 0.337 e. The summed E-state index contributed by atoms with van der Waals surface area (Å²) >= 11 is 0. The first-order chi connectivity index (χ1) is 4.25. The lowest BCUT2D eigenvalue weighted by atomic mass is 10.6. The molecule has 0 spiro atoms. The van der Waals surface area contributed by atoms with Gasteiger partial charge in [0, 0.05) is 6.20 Å². The SMILES string of the molecule is C=CN1C=NC(=O)C1=O. The predicted molar refractivity (Wildman–Crippen MR) is 30.5 cm³/mol. The predicted octanol–water partition coefficient (Wildman–Crippen LogP) is -0.473. The number of carbonyl (C=O) groups is 2. The zero-order valence-corrected chi connectivity index (χ0v) is 4.57. The van der Waals surface area contributed by atoms with E-state index in [2.05, 4.69) is 11.6 Å². The van der Waals surface area contributed by atoms with Gasteiger partial charge in [-0.1, -0.05) is 6.58 Å². The zero-order chi connectivity index (χ0) is 6.85. The molecule has 0 bridgehead atoms. The molecule has 0 atom stereocenters. The van der Waals surface area contributed by atoms with E-state index in [1.807, 2.05) is 0 Å². The quantitative estimate of drug-likeness (QED) is 0.443. The second-order valence-corrected chi connectivity index (χ2v) is 1.44. The van der Waals surface area contributed by atoms with Crippen molar-refractivity contribution in [1.82, 2.24) is 4.90 Å². The molecule has 1 aliphatic heterocycles. The van der Waals surface area contributed by atoms with Crippen LogP contribution in [0.1, 0.15) is 0 Å². The Balaban J connectivity index is 2.85. The van der Waals surface area contributed by atoms with Gasteiger partial charge in [0.1, 0.15) is 6.34 Å². The van der Waals surface area contributed by atoms with Crippen molar-refractivity contribution in [2.24, 2.45) is 4.99 Å². The van der Waals surface area contributed by atoms with E-state index < -0.39 is 11.8 Å². The molecule has 46 valence electrons. The first-order valence-electron chi connectivity index (χ1n) is 2.29. The van der Waals surface area contributed by atoms with Crippen LogP contribution in [0.25, 0.3) is 0 Å². The van der Waals surface area contributed by atoms with Crippen molar-refractivity contribution < 1.29 is 9.59 Å². The van der Waals surface area contributed by atoms with Crippen molar-refractivity contribution in [2.75, 3.05) is 0 Å². The summed E-state index contributed by atoms with van der Waals surface area (Å²) in [6.45, 7) is 3.29. The monoisotopic (exact) mass is 124 g/mol. The van der Waals surface area contributed by atoms with E-state index in [4.69, 9.17) is 0 Å². The van der Waals surface area contributed by atoms with Crippen LogP contribution in [0.2, 0.25) is 0 Å². The number of hydrogen-bond acceptors (Lipinski definition) is 2. The van der Waals surface area contributed by atoms with Gasteiger partial charge in [0.15, 0.2) is 0 Å². The molecule has 2 amide bonds. The Morgan fingerprint density at radius 1 is 1.67 bits per heavy atom. The van der Waals surface area contributed by atoms with E-state index in [1.54, 1.807) is 0 Å². The van der Waals surface area contributed by atoms with E-state index >= 15 is 0 Å². The second-order valence-electron chi connectivity index (χ2n) is 1.44. The van der Waals surface area contributed by atoms with E-state index in [0.29, 0.717) is 0 Å². The summed E-state index contributed by atoms with van der Waals surface area (Å²) in [6.07, 6.45) is 2.37. The van der Waals surface area contributed by atoms with Crippen LogP contribution < -0.4 is 0 Å².